The largest absolute Gasteiger partial charge is 0.493 e. The van der Waals surface area contributed by atoms with Crippen LogP contribution in [0.5, 0.6) is 11.5 Å². The van der Waals surface area contributed by atoms with E-state index >= 15 is 0 Å². The molecule has 0 saturated carbocycles. The minimum Gasteiger partial charge on any atom is -0.493 e. The first-order valence-electron chi connectivity index (χ1n) is 9.12. The summed E-state index contributed by atoms with van der Waals surface area (Å²) in [6, 6.07) is 8.46. The summed E-state index contributed by atoms with van der Waals surface area (Å²) in [6.45, 7) is 5.39. The average Bonchev–Trinajstić information content (AvgIpc) is 2.70. The first-order chi connectivity index (χ1) is 13.0. The molecule has 1 heterocycles. The van der Waals surface area contributed by atoms with Gasteiger partial charge in [0.2, 0.25) is 0 Å². The zero-order valence-electron chi connectivity index (χ0n) is 16.4. The molecule has 0 fully saturated rings. The number of hydrogen-bond donors (Lipinski definition) is 0. The lowest BCUT2D eigenvalue weighted by molar-refractivity contribution is 0.0743. The number of ether oxygens (including phenoxy) is 2. The molecule has 1 aromatic heterocycles. The number of methoxy groups -OCH3 is 2. The number of hydrogen-bond acceptors (Lipinski definition) is 5. The van der Waals surface area contributed by atoms with E-state index in [1.807, 2.05) is 32.0 Å². The summed E-state index contributed by atoms with van der Waals surface area (Å²) in [4.78, 5) is 26.5. The Morgan fingerprint density at radius 1 is 1.11 bits per heavy atom. The van der Waals surface area contributed by atoms with Crippen LogP contribution in [0.1, 0.15) is 42.7 Å². The van der Waals surface area contributed by atoms with E-state index in [0.717, 1.165) is 18.4 Å². The highest BCUT2D eigenvalue weighted by Crippen LogP contribution is 2.28. The highest BCUT2D eigenvalue weighted by molar-refractivity contribution is 5.92. The van der Waals surface area contributed by atoms with Crippen LogP contribution in [0.25, 0.3) is 0 Å². The summed E-state index contributed by atoms with van der Waals surface area (Å²) in [6.07, 6.45) is 1.79. The Kier molecular flexibility index (Phi) is 7.40. The Labute approximate surface area is 159 Å². The van der Waals surface area contributed by atoms with Crippen LogP contribution < -0.4 is 15.0 Å². The Balaban J connectivity index is 2.22. The van der Waals surface area contributed by atoms with Crippen molar-refractivity contribution in [2.75, 3.05) is 20.8 Å². The molecule has 7 nitrogen and oxygen atoms in total. The number of aryl methyl sites for hydroxylation is 1. The molecule has 1 amide bonds. The summed E-state index contributed by atoms with van der Waals surface area (Å²) < 4.78 is 11.9. The van der Waals surface area contributed by atoms with Gasteiger partial charge in [-0.25, -0.2) is 4.68 Å². The molecule has 2 aromatic rings. The quantitative estimate of drug-likeness (QED) is 0.676. The second-order valence-corrected chi connectivity index (χ2v) is 6.14. The normalized spacial score (nSPS) is 10.5. The lowest BCUT2D eigenvalue weighted by atomic mass is 10.1. The van der Waals surface area contributed by atoms with Crippen molar-refractivity contribution in [1.82, 2.24) is 14.7 Å². The Bertz CT molecular complexity index is 832. The van der Waals surface area contributed by atoms with Crippen molar-refractivity contribution in [3.05, 3.63) is 51.9 Å². The smallest absolute Gasteiger partial charge is 0.274 e. The van der Waals surface area contributed by atoms with E-state index in [-0.39, 0.29) is 17.2 Å². The number of carbonyl (C=O) groups is 1. The summed E-state index contributed by atoms with van der Waals surface area (Å²) in [5.74, 6) is 1.04. The van der Waals surface area contributed by atoms with Crippen molar-refractivity contribution in [2.24, 2.45) is 0 Å². The van der Waals surface area contributed by atoms with Crippen molar-refractivity contribution in [1.29, 1.82) is 0 Å². The van der Waals surface area contributed by atoms with Gasteiger partial charge in [0.15, 0.2) is 11.5 Å². The fourth-order valence-electron chi connectivity index (χ4n) is 2.72. The zero-order chi connectivity index (χ0) is 19.8. The van der Waals surface area contributed by atoms with E-state index in [1.54, 1.807) is 19.1 Å². The first kappa shape index (κ1) is 20.5. The molecule has 0 radical (unpaired) electrons. The third-order valence-corrected chi connectivity index (χ3v) is 4.30. The number of rotatable bonds is 9. The van der Waals surface area contributed by atoms with E-state index in [0.29, 0.717) is 31.1 Å². The molecule has 0 aliphatic carbocycles. The zero-order valence-corrected chi connectivity index (χ0v) is 16.4. The van der Waals surface area contributed by atoms with Gasteiger partial charge in [0.1, 0.15) is 5.69 Å². The molecular weight excluding hydrogens is 346 g/mol. The van der Waals surface area contributed by atoms with Crippen molar-refractivity contribution >= 4 is 5.91 Å². The molecule has 0 saturated heterocycles. The fraction of sp³-hybridized carbons (Fsp3) is 0.450. The molecule has 0 bridgehead atoms. The molecule has 7 heteroatoms. The van der Waals surface area contributed by atoms with Gasteiger partial charge < -0.3 is 14.4 Å². The van der Waals surface area contributed by atoms with Gasteiger partial charge in [-0.15, -0.1) is 0 Å². The van der Waals surface area contributed by atoms with Crippen molar-refractivity contribution in [2.45, 2.75) is 39.8 Å². The SMILES string of the molecule is CCCCn1nc(C(=O)N(CC)Cc2ccc(OC)c(OC)c2)ccc1=O. The second kappa shape index (κ2) is 9.75. The van der Waals surface area contributed by atoms with Gasteiger partial charge in [-0.2, -0.15) is 5.10 Å². The fourth-order valence-corrected chi connectivity index (χ4v) is 2.72. The third kappa shape index (κ3) is 5.09. The number of carbonyl (C=O) groups excluding carboxylic acids is 1. The summed E-state index contributed by atoms with van der Waals surface area (Å²) in [5, 5.41) is 4.25. The maximum atomic E-state index is 12.9. The standard InChI is InChI=1S/C20H27N3O4/c1-5-7-12-23-19(24)11-9-16(21-23)20(25)22(6-2)14-15-8-10-17(26-3)18(13-15)27-4/h8-11,13H,5-7,12,14H2,1-4H3. The van der Waals surface area contributed by atoms with Gasteiger partial charge in [-0.3, -0.25) is 9.59 Å². The Hall–Kier alpha value is -2.83. The minimum atomic E-state index is -0.211. The van der Waals surface area contributed by atoms with Crippen LogP contribution in [0, 0.1) is 0 Å². The van der Waals surface area contributed by atoms with Crippen LogP contribution in [-0.4, -0.2) is 41.4 Å². The molecule has 0 unspecified atom stereocenters. The first-order valence-corrected chi connectivity index (χ1v) is 9.12. The number of aromatic nitrogens is 2. The lowest BCUT2D eigenvalue weighted by Crippen LogP contribution is -2.33. The molecule has 0 aliphatic heterocycles. The Morgan fingerprint density at radius 3 is 2.48 bits per heavy atom. The molecule has 0 atom stereocenters. The Morgan fingerprint density at radius 2 is 1.85 bits per heavy atom. The van der Waals surface area contributed by atoms with E-state index in [9.17, 15) is 9.59 Å². The van der Waals surface area contributed by atoms with Crippen LogP contribution in [0.3, 0.4) is 0 Å². The predicted octanol–water partition coefficient (Wildman–Crippen LogP) is 2.72. The van der Waals surface area contributed by atoms with Gasteiger partial charge >= 0.3 is 0 Å². The summed E-state index contributed by atoms with van der Waals surface area (Å²) >= 11 is 0. The van der Waals surface area contributed by atoms with Gasteiger partial charge in [-0.05, 0) is 37.1 Å². The predicted molar refractivity (Wildman–Crippen MR) is 103 cm³/mol. The molecule has 0 N–H and O–H groups in total. The summed E-state index contributed by atoms with van der Waals surface area (Å²) in [7, 11) is 3.16. The van der Waals surface area contributed by atoms with Crippen LogP contribution >= 0.6 is 0 Å². The van der Waals surface area contributed by atoms with Gasteiger partial charge in [-0.1, -0.05) is 19.4 Å². The number of benzene rings is 1. The second-order valence-electron chi connectivity index (χ2n) is 6.14. The lowest BCUT2D eigenvalue weighted by Gasteiger charge is -2.21. The van der Waals surface area contributed by atoms with E-state index < -0.39 is 0 Å². The van der Waals surface area contributed by atoms with Crippen molar-refractivity contribution in [3.8, 4) is 11.5 Å². The van der Waals surface area contributed by atoms with Gasteiger partial charge in [0.05, 0.1) is 14.2 Å². The van der Waals surface area contributed by atoms with Gasteiger partial charge in [0, 0.05) is 25.7 Å². The molecule has 1 aromatic carbocycles. The van der Waals surface area contributed by atoms with Gasteiger partial charge in [0.25, 0.3) is 11.5 Å². The third-order valence-electron chi connectivity index (χ3n) is 4.30. The molecule has 146 valence electrons. The van der Waals surface area contributed by atoms with Crippen LogP contribution in [0.2, 0.25) is 0 Å². The van der Waals surface area contributed by atoms with Crippen molar-refractivity contribution < 1.29 is 14.3 Å². The molecule has 2 rings (SSSR count). The van der Waals surface area contributed by atoms with E-state index in [4.69, 9.17) is 9.47 Å². The maximum absolute atomic E-state index is 12.9. The van der Waals surface area contributed by atoms with E-state index in [2.05, 4.69) is 5.10 Å². The van der Waals surface area contributed by atoms with Crippen LogP contribution in [-0.2, 0) is 13.1 Å². The molecule has 27 heavy (non-hydrogen) atoms. The summed E-state index contributed by atoms with van der Waals surface area (Å²) in [5.41, 5.74) is 0.998. The monoisotopic (exact) mass is 373 g/mol. The minimum absolute atomic E-state index is 0.192. The topological polar surface area (TPSA) is 73.7 Å². The number of amides is 1. The maximum Gasteiger partial charge on any atom is 0.274 e. The highest BCUT2D eigenvalue weighted by Gasteiger charge is 2.18. The van der Waals surface area contributed by atoms with Crippen molar-refractivity contribution in [3.63, 3.8) is 0 Å². The molecule has 0 aliphatic rings. The molecular formula is C20H27N3O4. The number of nitrogens with zero attached hydrogens (tertiary/aromatic N) is 3. The average molecular weight is 373 g/mol. The van der Waals surface area contributed by atoms with E-state index in [1.165, 1.54) is 16.8 Å². The van der Waals surface area contributed by atoms with Crippen LogP contribution in [0.4, 0.5) is 0 Å². The van der Waals surface area contributed by atoms with Crippen LogP contribution in [0.15, 0.2) is 35.1 Å². The number of unbranched alkanes of at least 4 members (excludes halogenated alkanes) is 1. The molecule has 0 spiro atoms. The highest BCUT2D eigenvalue weighted by atomic mass is 16.5.